The highest BCUT2D eigenvalue weighted by molar-refractivity contribution is 7.89. The van der Waals surface area contributed by atoms with E-state index in [1.807, 2.05) is 18.2 Å². The molecule has 30 heavy (non-hydrogen) atoms. The normalized spacial score (nSPS) is 19.7. The first-order chi connectivity index (χ1) is 14.5. The fraction of sp³-hybridized carbons (Fsp3) is 0.409. The van der Waals surface area contributed by atoms with E-state index in [1.165, 1.54) is 22.0 Å². The molecule has 2 aromatic rings. The Bertz CT molecular complexity index is 1010. The lowest BCUT2D eigenvalue weighted by Crippen LogP contribution is -2.40. The number of ether oxygens (including phenoxy) is 2. The molecular weight excluding hydrogens is 404 g/mol. The van der Waals surface area contributed by atoms with Crippen molar-refractivity contribution in [3.63, 3.8) is 0 Å². The number of hydrogen-bond donors (Lipinski definition) is 1. The zero-order valence-corrected chi connectivity index (χ0v) is 17.8. The number of nitrogens with zero attached hydrogens (tertiary/aromatic N) is 1. The molecule has 2 aromatic carbocycles. The van der Waals surface area contributed by atoms with Crippen molar-refractivity contribution in [2.75, 3.05) is 33.4 Å². The monoisotopic (exact) mass is 430 g/mol. The van der Waals surface area contributed by atoms with Crippen molar-refractivity contribution in [3.8, 4) is 5.75 Å². The number of benzene rings is 2. The minimum atomic E-state index is -3.57. The molecule has 8 heteroatoms. The first kappa shape index (κ1) is 20.8. The SMILES string of the molecule is COc1ccc2c(c1)CCC[C@@H]2NC(=O)c1ccc(S(=O)(=O)N2CCOCC2)cc1. The first-order valence-corrected chi connectivity index (χ1v) is 11.6. The molecule has 0 bridgehead atoms. The van der Waals surface area contributed by atoms with Gasteiger partial charge in [-0.15, -0.1) is 0 Å². The fourth-order valence-corrected chi connectivity index (χ4v) is 5.43. The fourth-order valence-electron chi connectivity index (χ4n) is 4.02. The summed E-state index contributed by atoms with van der Waals surface area (Å²) in [6, 6.07) is 12.0. The molecule has 1 heterocycles. The molecule has 1 atom stereocenters. The van der Waals surface area contributed by atoms with E-state index in [0.717, 1.165) is 30.6 Å². The standard InChI is InChI=1S/C22H26N2O5S/c1-28-18-7-10-20-17(15-18)3-2-4-21(20)23-22(25)16-5-8-19(9-6-16)30(26,27)24-11-13-29-14-12-24/h5-10,15,21H,2-4,11-14H2,1H3,(H,23,25)/t21-/m0/s1. The molecular formula is C22H26N2O5S. The van der Waals surface area contributed by atoms with Gasteiger partial charge in [0.25, 0.3) is 5.91 Å². The van der Waals surface area contributed by atoms with Gasteiger partial charge in [-0.3, -0.25) is 4.79 Å². The van der Waals surface area contributed by atoms with Crippen molar-refractivity contribution in [2.24, 2.45) is 0 Å². The number of fused-ring (bicyclic) bond motifs is 1. The zero-order valence-electron chi connectivity index (χ0n) is 17.0. The highest BCUT2D eigenvalue weighted by Gasteiger charge is 2.27. The number of amides is 1. The number of methoxy groups -OCH3 is 1. The lowest BCUT2D eigenvalue weighted by atomic mass is 9.87. The number of rotatable bonds is 5. The number of carbonyl (C=O) groups excluding carboxylic acids is 1. The van der Waals surface area contributed by atoms with Gasteiger partial charge in [-0.1, -0.05) is 6.07 Å². The molecule has 0 spiro atoms. The van der Waals surface area contributed by atoms with Crippen molar-refractivity contribution in [1.82, 2.24) is 9.62 Å². The third-order valence-electron chi connectivity index (χ3n) is 5.69. The zero-order chi connectivity index (χ0) is 21.1. The summed E-state index contributed by atoms with van der Waals surface area (Å²) in [4.78, 5) is 13.0. The Balaban J connectivity index is 1.47. The molecule has 1 aliphatic heterocycles. The minimum Gasteiger partial charge on any atom is -0.497 e. The number of carbonyl (C=O) groups is 1. The summed E-state index contributed by atoms with van der Waals surface area (Å²) in [5.74, 6) is 0.608. The van der Waals surface area contributed by atoms with Crippen molar-refractivity contribution in [1.29, 1.82) is 0 Å². The smallest absolute Gasteiger partial charge is 0.251 e. The van der Waals surface area contributed by atoms with Gasteiger partial charge < -0.3 is 14.8 Å². The van der Waals surface area contributed by atoms with E-state index < -0.39 is 10.0 Å². The molecule has 0 aromatic heterocycles. The number of morpholine rings is 1. The van der Waals surface area contributed by atoms with E-state index in [2.05, 4.69) is 5.32 Å². The molecule has 0 unspecified atom stereocenters. The molecule has 0 radical (unpaired) electrons. The van der Waals surface area contributed by atoms with Crippen molar-refractivity contribution < 1.29 is 22.7 Å². The summed E-state index contributed by atoms with van der Waals surface area (Å²) in [7, 11) is -1.92. The van der Waals surface area contributed by atoms with Crippen LogP contribution in [0.1, 0.15) is 40.4 Å². The summed E-state index contributed by atoms with van der Waals surface area (Å²) < 4.78 is 37.4. The Morgan fingerprint density at radius 1 is 1.13 bits per heavy atom. The van der Waals surface area contributed by atoms with Crippen molar-refractivity contribution >= 4 is 15.9 Å². The maximum atomic E-state index is 12.8. The largest absolute Gasteiger partial charge is 0.497 e. The quantitative estimate of drug-likeness (QED) is 0.788. The van der Waals surface area contributed by atoms with Gasteiger partial charge in [0.2, 0.25) is 10.0 Å². The summed E-state index contributed by atoms with van der Waals surface area (Å²) in [6.45, 7) is 1.48. The molecule has 1 fully saturated rings. The molecule has 1 N–H and O–H groups in total. The van der Waals surface area contributed by atoms with Gasteiger partial charge in [-0.05, 0) is 66.8 Å². The molecule has 1 aliphatic carbocycles. The second kappa shape index (κ2) is 8.75. The van der Waals surface area contributed by atoms with Crippen LogP contribution in [0.15, 0.2) is 47.4 Å². The third kappa shape index (κ3) is 4.21. The van der Waals surface area contributed by atoms with E-state index in [1.54, 1.807) is 19.2 Å². The van der Waals surface area contributed by atoms with E-state index in [-0.39, 0.29) is 16.8 Å². The number of hydrogen-bond acceptors (Lipinski definition) is 5. The van der Waals surface area contributed by atoms with E-state index in [0.29, 0.717) is 31.9 Å². The van der Waals surface area contributed by atoms with Gasteiger partial charge in [0.15, 0.2) is 0 Å². The van der Waals surface area contributed by atoms with Gasteiger partial charge in [0, 0.05) is 18.7 Å². The second-order valence-corrected chi connectivity index (χ2v) is 9.46. The van der Waals surface area contributed by atoms with Gasteiger partial charge in [-0.25, -0.2) is 8.42 Å². The van der Waals surface area contributed by atoms with Crippen LogP contribution in [0.4, 0.5) is 0 Å². The summed E-state index contributed by atoms with van der Waals surface area (Å²) in [5.41, 5.74) is 2.75. The molecule has 7 nitrogen and oxygen atoms in total. The summed E-state index contributed by atoms with van der Waals surface area (Å²) >= 11 is 0. The van der Waals surface area contributed by atoms with Crippen LogP contribution in [0.2, 0.25) is 0 Å². The van der Waals surface area contributed by atoms with Crippen LogP contribution >= 0.6 is 0 Å². The molecule has 0 saturated carbocycles. The predicted molar refractivity (Wildman–Crippen MR) is 112 cm³/mol. The Hall–Kier alpha value is -2.42. The Morgan fingerprint density at radius 3 is 2.57 bits per heavy atom. The molecule has 4 rings (SSSR count). The summed E-state index contributed by atoms with van der Waals surface area (Å²) in [6.07, 6.45) is 2.82. The van der Waals surface area contributed by atoms with Crippen LogP contribution in [0.5, 0.6) is 5.75 Å². The van der Waals surface area contributed by atoms with E-state index in [9.17, 15) is 13.2 Å². The molecule has 1 amide bonds. The van der Waals surface area contributed by atoms with E-state index >= 15 is 0 Å². The topological polar surface area (TPSA) is 84.9 Å². The number of sulfonamides is 1. The summed E-state index contributed by atoms with van der Waals surface area (Å²) in [5, 5.41) is 3.09. The lowest BCUT2D eigenvalue weighted by molar-refractivity contribution is 0.0730. The number of nitrogens with one attached hydrogen (secondary N) is 1. The maximum absolute atomic E-state index is 12.8. The predicted octanol–water partition coefficient (Wildman–Crippen LogP) is 2.52. The average Bonchev–Trinajstić information content (AvgIpc) is 2.79. The third-order valence-corrected chi connectivity index (χ3v) is 7.61. The van der Waals surface area contributed by atoms with Crippen LogP contribution in [0.3, 0.4) is 0 Å². The minimum absolute atomic E-state index is 0.0658. The van der Waals surface area contributed by atoms with Crippen molar-refractivity contribution in [2.45, 2.75) is 30.2 Å². The second-order valence-electron chi connectivity index (χ2n) is 7.52. The molecule has 2 aliphatic rings. The van der Waals surface area contributed by atoms with E-state index in [4.69, 9.17) is 9.47 Å². The number of aryl methyl sites for hydroxylation is 1. The first-order valence-electron chi connectivity index (χ1n) is 10.1. The van der Waals surface area contributed by atoms with Crippen LogP contribution in [0, 0.1) is 0 Å². The van der Waals surface area contributed by atoms with Crippen LogP contribution in [0.25, 0.3) is 0 Å². The Labute approximate surface area is 177 Å². The van der Waals surface area contributed by atoms with Crippen LogP contribution in [-0.4, -0.2) is 52.0 Å². The molecule has 160 valence electrons. The lowest BCUT2D eigenvalue weighted by Gasteiger charge is -2.27. The Kier molecular flexibility index (Phi) is 6.08. The van der Waals surface area contributed by atoms with Gasteiger partial charge in [-0.2, -0.15) is 4.31 Å². The van der Waals surface area contributed by atoms with Gasteiger partial charge in [0.1, 0.15) is 5.75 Å². The van der Waals surface area contributed by atoms with Gasteiger partial charge in [0.05, 0.1) is 31.3 Å². The molecule has 1 saturated heterocycles. The maximum Gasteiger partial charge on any atom is 0.251 e. The highest BCUT2D eigenvalue weighted by atomic mass is 32.2. The van der Waals surface area contributed by atoms with Crippen molar-refractivity contribution in [3.05, 3.63) is 59.2 Å². The van der Waals surface area contributed by atoms with Crippen LogP contribution < -0.4 is 10.1 Å². The Morgan fingerprint density at radius 2 is 1.87 bits per heavy atom. The van der Waals surface area contributed by atoms with Crippen LogP contribution in [-0.2, 0) is 21.2 Å². The van der Waals surface area contributed by atoms with Gasteiger partial charge >= 0.3 is 0 Å². The average molecular weight is 431 g/mol. The highest BCUT2D eigenvalue weighted by Crippen LogP contribution is 2.32.